The monoisotopic (exact) mass is 445 g/mol. The number of piperidine rings is 1. The largest absolute Gasteiger partial charge is 0.359 e. The first kappa shape index (κ1) is 22.6. The molecule has 1 fully saturated rings. The van der Waals surface area contributed by atoms with Gasteiger partial charge in [0.2, 0.25) is 0 Å². The number of nitrogens with one attached hydrogen (secondary N) is 1. The fraction of sp³-hybridized carbons (Fsp3) is 0.360. The van der Waals surface area contributed by atoms with E-state index in [0.717, 1.165) is 51.0 Å². The van der Waals surface area contributed by atoms with Crippen LogP contribution in [0.3, 0.4) is 0 Å². The Bertz CT molecular complexity index is 1110. The van der Waals surface area contributed by atoms with Crippen molar-refractivity contribution in [2.75, 3.05) is 26.2 Å². The van der Waals surface area contributed by atoms with Crippen LogP contribution in [0.2, 0.25) is 0 Å². The van der Waals surface area contributed by atoms with Gasteiger partial charge in [-0.15, -0.1) is 0 Å². The van der Waals surface area contributed by atoms with E-state index in [4.69, 9.17) is 4.52 Å². The van der Waals surface area contributed by atoms with Gasteiger partial charge in [-0.05, 0) is 57.1 Å². The van der Waals surface area contributed by atoms with Gasteiger partial charge in [0, 0.05) is 12.1 Å². The van der Waals surface area contributed by atoms with Gasteiger partial charge in [-0.25, -0.2) is 0 Å². The average molecular weight is 446 g/mol. The Labute approximate surface area is 193 Å². The minimum Gasteiger partial charge on any atom is -0.359 e. The molecule has 33 heavy (non-hydrogen) atoms. The SMILES string of the molecule is N#CC1(c2ccccc2)CCN(CCCNCc2cc(-c3ccccc3[N+](=O)[O-])no2)CC1. The van der Waals surface area contributed by atoms with Crippen LogP contribution in [0.1, 0.15) is 30.6 Å². The van der Waals surface area contributed by atoms with Gasteiger partial charge in [-0.2, -0.15) is 5.26 Å². The number of likely N-dealkylation sites (tertiary alicyclic amines) is 1. The van der Waals surface area contributed by atoms with Gasteiger partial charge in [0.1, 0.15) is 5.69 Å². The molecule has 1 saturated heterocycles. The second-order valence-corrected chi connectivity index (χ2v) is 8.38. The quantitative estimate of drug-likeness (QED) is 0.297. The summed E-state index contributed by atoms with van der Waals surface area (Å²) in [7, 11) is 0. The maximum atomic E-state index is 11.2. The summed E-state index contributed by atoms with van der Waals surface area (Å²) in [4.78, 5) is 13.2. The molecule has 4 rings (SSSR count). The maximum Gasteiger partial charge on any atom is 0.278 e. The lowest BCUT2D eigenvalue weighted by Crippen LogP contribution is -2.42. The molecule has 8 nitrogen and oxygen atoms in total. The lowest BCUT2D eigenvalue weighted by atomic mass is 9.74. The molecular formula is C25H27N5O3. The van der Waals surface area contributed by atoms with Crippen molar-refractivity contribution in [1.29, 1.82) is 5.26 Å². The Morgan fingerprint density at radius 2 is 1.88 bits per heavy atom. The Balaban J connectivity index is 1.20. The van der Waals surface area contributed by atoms with Gasteiger partial charge in [-0.1, -0.05) is 47.6 Å². The third kappa shape index (κ3) is 5.28. The molecule has 3 aromatic rings. The van der Waals surface area contributed by atoms with Crippen molar-refractivity contribution in [1.82, 2.24) is 15.4 Å². The van der Waals surface area contributed by atoms with Gasteiger partial charge in [0.25, 0.3) is 5.69 Å². The fourth-order valence-electron chi connectivity index (χ4n) is 4.39. The van der Waals surface area contributed by atoms with E-state index in [2.05, 4.69) is 33.6 Å². The Morgan fingerprint density at radius 3 is 2.61 bits per heavy atom. The third-order valence-corrected chi connectivity index (χ3v) is 6.31. The van der Waals surface area contributed by atoms with Crippen LogP contribution in [-0.2, 0) is 12.0 Å². The molecule has 0 amide bonds. The summed E-state index contributed by atoms with van der Waals surface area (Å²) >= 11 is 0. The summed E-state index contributed by atoms with van der Waals surface area (Å²) < 4.78 is 5.35. The maximum absolute atomic E-state index is 11.2. The lowest BCUT2D eigenvalue weighted by molar-refractivity contribution is -0.384. The number of para-hydroxylation sites is 1. The number of nitriles is 1. The molecular weight excluding hydrogens is 418 g/mol. The Morgan fingerprint density at radius 1 is 1.15 bits per heavy atom. The minimum absolute atomic E-state index is 0.0134. The molecule has 0 aliphatic carbocycles. The van der Waals surface area contributed by atoms with Crippen LogP contribution in [0, 0.1) is 21.4 Å². The number of nitro groups is 1. The second kappa shape index (κ2) is 10.4. The van der Waals surface area contributed by atoms with Crippen LogP contribution >= 0.6 is 0 Å². The topological polar surface area (TPSA) is 108 Å². The first-order chi connectivity index (χ1) is 16.1. The van der Waals surface area contributed by atoms with Crippen LogP contribution in [0.4, 0.5) is 5.69 Å². The number of hydrogen-bond acceptors (Lipinski definition) is 7. The van der Waals surface area contributed by atoms with Crippen molar-refractivity contribution in [2.24, 2.45) is 0 Å². The number of nitrogens with zero attached hydrogens (tertiary/aromatic N) is 4. The first-order valence-corrected chi connectivity index (χ1v) is 11.2. The number of benzene rings is 2. The molecule has 1 aromatic heterocycles. The summed E-state index contributed by atoms with van der Waals surface area (Å²) in [6.07, 6.45) is 2.69. The van der Waals surface area contributed by atoms with Gasteiger partial charge in [-0.3, -0.25) is 10.1 Å². The highest BCUT2D eigenvalue weighted by atomic mass is 16.6. The van der Waals surface area contributed by atoms with Gasteiger partial charge >= 0.3 is 0 Å². The molecule has 1 aliphatic heterocycles. The molecule has 170 valence electrons. The zero-order chi connectivity index (χ0) is 23.1. The highest BCUT2D eigenvalue weighted by Crippen LogP contribution is 2.34. The fourth-order valence-corrected chi connectivity index (χ4v) is 4.39. The number of nitro benzene ring substituents is 1. The molecule has 0 bridgehead atoms. The van der Waals surface area contributed by atoms with Gasteiger partial charge in [0.05, 0.1) is 28.5 Å². The van der Waals surface area contributed by atoms with Crippen molar-refractivity contribution >= 4 is 5.69 Å². The zero-order valence-electron chi connectivity index (χ0n) is 18.4. The van der Waals surface area contributed by atoms with Crippen molar-refractivity contribution in [3.05, 3.63) is 82.1 Å². The predicted octanol–water partition coefficient (Wildman–Crippen LogP) is 4.29. The van der Waals surface area contributed by atoms with E-state index in [0.29, 0.717) is 23.6 Å². The van der Waals surface area contributed by atoms with Crippen molar-refractivity contribution in [3.8, 4) is 17.3 Å². The van der Waals surface area contributed by atoms with Crippen molar-refractivity contribution < 1.29 is 9.45 Å². The van der Waals surface area contributed by atoms with Gasteiger partial charge < -0.3 is 14.7 Å². The predicted molar refractivity (Wildman–Crippen MR) is 124 cm³/mol. The molecule has 2 aromatic carbocycles. The first-order valence-electron chi connectivity index (χ1n) is 11.2. The van der Waals surface area contributed by atoms with E-state index >= 15 is 0 Å². The van der Waals surface area contributed by atoms with E-state index in [1.807, 2.05) is 18.2 Å². The minimum atomic E-state index is -0.414. The van der Waals surface area contributed by atoms with E-state index in [1.54, 1.807) is 24.3 Å². The molecule has 1 aliphatic rings. The van der Waals surface area contributed by atoms with E-state index in [9.17, 15) is 15.4 Å². The van der Waals surface area contributed by atoms with E-state index in [1.165, 1.54) is 6.07 Å². The summed E-state index contributed by atoms with van der Waals surface area (Å²) in [5.74, 6) is 0.641. The molecule has 8 heteroatoms. The highest BCUT2D eigenvalue weighted by molar-refractivity contribution is 5.70. The van der Waals surface area contributed by atoms with Crippen LogP contribution < -0.4 is 5.32 Å². The Hall–Kier alpha value is -3.54. The van der Waals surface area contributed by atoms with E-state index in [-0.39, 0.29) is 11.1 Å². The third-order valence-electron chi connectivity index (χ3n) is 6.31. The molecule has 0 spiro atoms. The molecule has 0 radical (unpaired) electrons. The van der Waals surface area contributed by atoms with Crippen LogP contribution in [-0.4, -0.2) is 41.2 Å². The summed E-state index contributed by atoms with van der Waals surface area (Å²) in [6, 6.07) is 21.0. The van der Waals surface area contributed by atoms with Crippen LogP contribution in [0.15, 0.2) is 65.2 Å². The molecule has 1 N–H and O–H groups in total. The highest BCUT2D eigenvalue weighted by Gasteiger charge is 2.36. The summed E-state index contributed by atoms with van der Waals surface area (Å²) in [5.41, 5.74) is 1.69. The number of aromatic nitrogens is 1. The normalized spacial score (nSPS) is 15.7. The Kier molecular flexibility index (Phi) is 7.13. The number of rotatable bonds is 9. The average Bonchev–Trinajstić information content (AvgIpc) is 3.33. The smallest absolute Gasteiger partial charge is 0.278 e. The number of hydrogen-bond donors (Lipinski definition) is 1. The lowest BCUT2D eigenvalue weighted by Gasteiger charge is -2.37. The summed E-state index contributed by atoms with van der Waals surface area (Å²) in [6.45, 7) is 4.15. The van der Waals surface area contributed by atoms with Crippen molar-refractivity contribution in [2.45, 2.75) is 31.2 Å². The summed E-state index contributed by atoms with van der Waals surface area (Å²) in [5, 5.41) is 28.4. The molecule has 0 atom stereocenters. The molecule has 0 unspecified atom stereocenters. The van der Waals surface area contributed by atoms with Crippen molar-refractivity contribution in [3.63, 3.8) is 0 Å². The molecule has 2 heterocycles. The molecule has 0 saturated carbocycles. The second-order valence-electron chi connectivity index (χ2n) is 8.38. The van der Waals surface area contributed by atoms with Gasteiger partial charge in [0.15, 0.2) is 5.76 Å². The van der Waals surface area contributed by atoms with Crippen LogP contribution in [0.25, 0.3) is 11.3 Å². The van der Waals surface area contributed by atoms with E-state index < -0.39 is 4.92 Å². The van der Waals surface area contributed by atoms with Crippen LogP contribution in [0.5, 0.6) is 0 Å². The zero-order valence-corrected chi connectivity index (χ0v) is 18.4. The standard InChI is InChI=1S/C25H27N5O3/c26-19-25(20-7-2-1-3-8-20)11-15-29(16-12-25)14-6-13-27-18-21-17-23(28-33-21)22-9-4-5-10-24(22)30(31)32/h1-5,7-10,17,27H,6,11-16,18H2.